The van der Waals surface area contributed by atoms with Crippen LogP contribution in [0.2, 0.25) is 0 Å². The Morgan fingerprint density at radius 3 is 2.30 bits per heavy atom. The molecule has 5 aliphatic rings. The van der Waals surface area contributed by atoms with Crippen LogP contribution in [-0.4, -0.2) is 67.4 Å². The van der Waals surface area contributed by atoms with Crippen LogP contribution in [0.15, 0.2) is 11.6 Å². The van der Waals surface area contributed by atoms with Crippen LogP contribution in [0.4, 0.5) is 0 Å². The van der Waals surface area contributed by atoms with Gasteiger partial charge in [-0.1, -0.05) is 67.9 Å². The Morgan fingerprint density at radius 2 is 1.74 bits per heavy atom. The van der Waals surface area contributed by atoms with Gasteiger partial charge in [-0.15, -0.1) is 0 Å². The number of carbonyl (C=O) groups excluding carboxylic acids is 2. The Labute approximate surface area is 283 Å². The quantitative estimate of drug-likeness (QED) is 0.264. The predicted octanol–water partition coefficient (Wildman–Crippen LogP) is 6.70. The average Bonchev–Trinajstić information content (AvgIpc) is 2.97. The van der Waals surface area contributed by atoms with Crippen molar-refractivity contribution in [2.75, 3.05) is 26.9 Å². The normalized spacial score (nSPS) is 44.9. The van der Waals surface area contributed by atoms with E-state index in [1.807, 2.05) is 20.0 Å². The van der Waals surface area contributed by atoms with Crippen molar-refractivity contribution in [3.05, 3.63) is 11.6 Å². The average molecular weight is 658 g/mol. The van der Waals surface area contributed by atoms with E-state index in [1.54, 1.807) is 0 Å². The van der Waals surface area contributed by atoms with Gasteiger partial charge in [-0.25, -0.2) is 0 Å². The highest BCUT2D eigenvalue weighted by Gasteiger charge is 2.74. The summed E-state index contributed by atoms with van der Waals surface area (Å²) in [5.74, 6) is -1.08. The summed E-state index contributed by atoms with van der Waals surface area (Å²) >= 11 is 0. The number of esters is 1. The zero-order chi connectivity index (χ0) is 35.1. The number of hydrogen-bond donors (Lipinski definition) is 2. The smallest absolute Gasteiger partial charge is 0.308 e. The van der Waals surface area contributed by atoms with Crippen LogP contribution in [-0.2, 0) is 28.6 Å². The van der Waals surface area contributed by atoms with Crippen LogP contribution < -0.4 is 5.32 Å². The monoisotopic (exact) mass is 657 g/mol. The third kappa shape index (κ3) is 5.03. The molecule has 4 aliphatic carbocycles. The van der Waals surface area contributed by atoms with Crippen molar-refractivity contribution in [1.29, 1.82) is 0 Å². The van der Waals surface area contributed by atoms with Gasteiger partial charge in [0.1, 0.15) is 12.2 Å². The molecule has 0 amide bonds. The number of fused-ring (bicyclic) bond motifs is 3. The summed E-state index contributed by atoms with van der Waals surface area (Å²) in [6, 6.07) is 0. The van der Waals surface area contributed by atoms with Crippen LogP contribution in [0.25, 0.3) is 0 Å². The zero-order valence-corrected chi connectivity index (χ0v) is 31.2. The van der Waals surface area contributed by atoms with Gasteiger partial charge in [0.05, 0.1) is 25.7 Å². The van der Waals surface area contributed by atoms with Gasteiger partial charge in [0, 0.05) is 28.7 Å². The maximum Gasteiger partial charge on any atom is 0.308 e. The highest BCUT2D eigenvalue weighted by atomic mass is 16.6. The van der Waals surface area contributed by atoms with E-state index >= 15 is 0 Å². The molecule has 1 saturated heterocycles. The van der Waals surface area contributed by atoms with Gasteiger partial charge in [0.15, 0.2) is 5.78 Å². The molecule has 1 heterocycles. The van der Waals surface area contributed by atoms with Crippen LogP contribution in [0, 0.1) is 62.6 Å². The molecule has 5 rings (SSSR count). The lowest BCUT2D eigenvalue weighted by Crippen LogP contribution is -2.71. The van der Waals surface area contributed by atoms with Crippen molar-refractivity contribution in [3.8, 4) is 0 Å². The molecule has 0 aromatic rings. The maximum absolute atomic E-state index is 14.9. The number of ketones is 1. The van der Waals surface area contributed by atoms with Gasteiger partial charge in [-0.2, -0.15) is 0 Å². The second kappa shape index (κ2) is 11.9. The summed E-state index contributed by atoms with van der Waals surface area (Å²) in [4.78, 5) is 40.9. The number of carboxylic acids is 1. The van der Waals surface area contributed by atoms with Gasteiger partial charge in [-0.05, 0) is 92.6 Å². The van der Waals surface area contributed by atoms with E-state index < -0.39 is 45.1 Å². The molecule has 8 heteroatoms. The molecule has 2 bridgehead atoms. The number of carbonyl (C=O) groups is 3. The van der Waals surface area contributed by atoms with Crippen LogP contribution >= 0.6 is 0 Å². The minimum absolute atomic E-state index is 0.0390. The lowest BCUT2D eigenvalue weighted by atomic mass is 9.34. The molecule has 0 radical (unpaired) electrons. The Balaban J connectivity index is 1.61. The molecular weight excluding hydrogens is 594 g/mol. The fraction of sp³-hybridized carbons (Fsp3) is 0.872. The lowest BCUT2D eigenvalue weighted by Gasteiger charge is -2.70. The number of rotatable bonds is 9. The topological polar surface area (TPSA) is 111 Å². The number of likely N-dealkylation sites (N-methyl/N-ethyl adjacent to an activating group) is 1. The standard InChI is InChI=1S/C39H63NO7/c1-22(2)24(5)34(7)15-16-36(9)26-13-14-29-35(8)19-45-21-39(29,27(26)17-30(42)38(36,11)31(34)33(43)44)18-28(47-25(6)41)32(35)46-20-37(10,40-12)23(3)4/h17,22-24,26,28-29,31-32,40H,13-16,18-21H2,1-12H3,(H,43,44)/t24-,26+,28-,29+,31-,32+,34-,35?,36-,37+,38+,39+/m1/s1. The number of aliphatic carboxylic acids is 1. The molecule has 0 aromatic carbocycles. The van der Waals surface area contributed by atoms with E-state index in [-0.39, 0.29) is 41.1 Å². The molecule has 266 valence electrons. The van der Waals surface area contributed by atoms with E-state index in [2.05, 4.69) is 67.6 Å². The molecule has 47 heavy (non-hydrogen) atoms. The van der Waals surface area contributed by atoms with E-state index in [0.717, 1.165) is 31.3 Å². The van der Waals surface area contributed by atoms with Crippen molar-refractivity contribution >= 4 is 17.7 Å². The van der Waals surface area contributed by atoms with Crippen LogP contribution in [0.3, 0.4) is 0 Å². The molecular formula is C39H63NO7. The van der Waals surface area contributed by atoms with Gasteiger partial charge < -0.3 is 24.6 Å². The summed E-state index contributed by atoms with van der Waals surface area (Å²) < 4.78 is 19.6. The summed E-state index contributed by atoms with van der Waals surface area (Å²) in [5, 5.41) is 14.4. The second-order valence-corrected chi connectivity index (χ2v) is 18.1. The Morgan fingerprint density at radius 1 is 1.09 bits per heavy atom. The first-order chi connectivity index (χ1) is 21.7. The van der Waals surface area contributed by atoms with Crippen molar-refractivity contribution in [2.24, 2.45) is 62.6 Å². The summed E-state index contributed by atoms with van der Waals surface area (Å²) in [7, 11) is 1.96. The number of carboxylic acid groups (broad SMARTS) is 1. The van der Waals surface area contributed by atoms with Crippen LogP contribution in [0.1, 0.15) is 108 Å². The molecule has 12 atom stereocenters. The first-order valence-electron chi connectivity index (χ1n) is 18.2. The Kier molecular flexibility index (Phi) is 9.27. The molecule has 8 nitrogen and oxygen atoms in total. The Bertz CT molecular complexity index is 1310. The SMILES string of the molecule is CN[C@@](C)(CO[C@H]1[C@H](OC(C)=O)C[C@@]23COCC1(C)[C@@H]2CC[C@H]1C3=CC(=O)[C@@]2(C)[C@H](C(=O)O)[C@@](C)([C@H](C)C(C)C)CC[C@]12C)C(C)C. The van der Waals surface area contributed by atoms with Crippen molar-refractivity contribution in [1.82, 2.24) is 5.32 Å². The Hall–Kier alpha value is -1.77. The predicted molar refractivity (Wildman–Crippen MR) is 182 cm³/mol. The van der Waals surface area contributed by atoms with E-state index in [4.69, 9.17) is 14.2 Å². The van der Waals surface area contributed by atoms with Gasteiger partial charge >= 0.3 is 11.9 Å². The summed E-state index contributed by atoms with van der Waals surface area (Å²) in [5.41, 5.74) is -2.19. The minimum atomic E-state index is -1.05. The van der Waals surface area contributed by atoms with E-state index in [1.165, 1.54) is 6.92 Å². The van der Waals surface area contributed by atoms with E-state index in [9.17, 15) is 19.5 Å². The largest absolute Gasteiger partial charge is 0.481 e. The summed E-state index contributed by atoms with van der Waals surface area (Å²) in [6.07, 6.45) is 4.92. The second-order valence-electron chi connectivity index (χ2n) is 18.1. The molecule has 1 unspecified atom stereocenters. The summed E-state index contributed by atoms with van der Waals surface area (Å²) in [6.45, 7) is 24.4. The fourth-order valence-corrected chi connectivity index (χ4v) is 11.8. The van der Waals surface area contributed by atoms with Gasteiger partial charge in [-0.3, -0.25) is 14.4 Å². The molecule has 2 N–H and O–H groups in total. The maximum atomic E-state index is 14.9. The highest BCUT2D eigenvalue weighted by molar-refractivity contribution is 6.00. The highest BCUT2D eigenvalue weighted by Crippen LogP contribution is 2.74. The lowest BCUT2D eigenvalue weighted by molar-refractivity contribution is -0.268. The fourth-order valence-electron chi connectivity index (χ4n) is 11.8. The molecule has 0 spiro atoms. The van der Waals surface area contributed by atoms with Crippen molar-refractivity contribution in [3.63, 3.8) is 0 Å². The first kappa shape index (κ1) is 36.5. The minimum Gasteiger partial charge on any atom is -0.481 e. The van der Waals surface area contributed by atoms with Gasteiger partial charge in [0.25, 0.3) is 0 Å². The molecule has 0 aromatic heterocycles. The number of ether oxygens (including phenoxy) is 3. The van der Waals surface area contributed by atoms with Crippen molar-refractivity contribution < 1.29 is 33.7 Å². The molecule has 4 fully saturated rings. The van der Waals surface area contributed by atoms with E-state index in [0.29, 0.717) is 38.1 Å². The van der Waals surface area contributed by atoms with Crippen LogP contribution in [0.5, 0.6) is 0 Å². The third-order valence-electron chi connectivity index (χ3n) is 15.7. The van der Waals surface area contributed by atoms with Gasteiger partial charge in [0.2, 0.25) is 0 Å². The first-order valence-corrected chi connectivity index (χ1v) is 18.2. The van der Waals surface area contributed by atoms with Crippen molar-refractivity contribution in [2.45, 2.75) is 126 Å². The molecule has 3 saturated carbocycles. The number of allylic oxidation sites excluding steroid dienone is 1. The zero-order valence-electron chi connectivity index (χ0n) is 31.2. The molecule has 1 aliphatic heterocycles. The third-order valence-corrected chi connectivity index (χ3v) is 15.7. The number of nitrogens with one attached hydrogen (secondary N) is 1. The number of hydrogen-bond acceptors (Lipinski definition) is 7.